The molecule has 5 aromatic heterocycles. The number of hydrogen-bond acceptors (Lipinski definition) is 8. The van der Waals surface area contributed by atoms with Crippen LogP contribution in [0.4, 0.5) is 0 Å². The number of fused-ring (bicyclic) bond motifs is 2. The summed E-state index contributed by atoms with van der Waals surface area (Å²) in [5.41, 5.74) is 6.00. The summed E-state index contributed by atoms with van der Waals surface area (Å²) in [6.45, 7) is 15.0. The Bertz CT molecular complexity index is 3650. The van der Waals surface area contributed by atoms with Gasteiger partial charge in [-0.2, -0.15) is 0 Å². The Kier molecular flexibility index (Phi) is 20.1. The van der Waals surface area contributed by atoms with Crippen molar-refractivity contribution in [2.24, 2.45) is 14.1 Å². The van der Waals surface area contributed by atoms with Crippen molar-refractivity contribution in [1.82, 2.24) is 9.13 Å². The molecule has 0 unspecified atom stereocenters. The van der Waals surface area contributed by atoms with Gasteiger partial charge in [0.15, 0.2) is 0 Å². The van der Waals surface area contributed by atoms with Crippen LogP contribution in [-0.2, 0) is 65.1 Å². The molecule has 7 aromatic rings. The van der Waals surface area contributed by atoms with E-state index in [1.54, 1.807) is 14.4 Å². The van der Waals surface area contributed by atoms with E-state index in [2.05, 4.69) is 57.2 Å². The SMILES string of the molecule is CCCCCCCCCCCCc1cc(-c2ccc(-c3[se]c(-c4ccc5c(=C6C(=O)OC(C)(C)OC6=O)/c(=c6/c(=C7C(=O)OC(C)(C)OC7=O)c7ccc(C)cc7n6C)n(C)c5c4)cc3CCCCCCCCCCCC)[se]2)[se]c1C. The van der Waals surface area contributed by atoms with Crippen LogP contribution in [0.1, 0.15) is 191 Å². The first-order valence-corrected chi connectivity index (χ1v) is 35.3. The van der Waals surface area contributed by atoms with Crippen LogP contribution in [0, 0.1) is 24.5 Å². The maximum atomic E-state index is 14.3. The van der Waals surface area contributed by atoms with E-state index >= 15 is 0 Å². The molecule has 2 saturated heterocycles. The first-order valence-electron chi connectivity index (χ1n) is 30.1. The van der Waals surface area contributed by atoms with Gasteiger partial charge >= 0.3 is 460 Å². The summed E-state index contributed by atoms with van der Waals surface area (Å²) in [6, 6.07) is 22.0. The number of aromatic nitrogens is 2. The van der Waals surface area contributed by atoms with Gasteiger partial charge in [0.1, 0.15) is 0 Å². The van der Waals surface area contributed by atoms with Gasteiger partial charge < -0.3 is 0 Å². The Morgan fingerprint density at radius 3 is 1.35 bits per heavy atom. The molecule has 0 N–H and O–H groups in total. The van der Waals surface area contributed by atoms with Crippen LogP contribution in [0.2, 0.25) is 0 Å². The molecule has 81 heavy (non-hydrogen) atoms. The zero-order chi connectivity index (χ0) is 57.6. The predicted molar refractivity (Wildman–Crippen MR) is 330 cm³/mol. The van der Waals surface area contributed by atoms with Gasteiger partial charge in [0, 0.05) is 13.8 Å². The average molecular weight is 1290 g/mol. The first-order chi connectivity index (χ1) is 38.9. The van der Waals surface area contributed by atoms with Gasteiger partial charge in [-0.25, -0.2) is 0 Å². The molecule has 9 rings (SSSR count). The summed E-state index contributed by atoms with van der Waals surface area (Å²) < 4.78 is 36.0. The molecular formula is C68H84N2O8Se3. The number of cyclic esters (lactones) is 4. The van der Waals surface area contributed by atoms with Gasteiger partial charge in [0.05, 0.1) is 0 Å². The van der Waals surface area contributed by atoms with Crippen molar-refractivity contribution in [1.29, 1.82) is 0 Å². The molecule has 0 atom stereocenters. The number of benzene rings is 2. The van der Waals surface area contributed by atoms with Crippen LogP contribution in [0.3, 0.4) is 0 Å². The van der Waals surface area contributed by atoms with E-state index in [4.69, 9.17) is 18.9 Å². The van der Waals surface area contributed by atoms with Crippen LogP contribution < -0.4 is 10.4 Å². The van der Waals surface area contributed by atoms with Gasteiger partial charge in [-0.1, -0.05) is 26.7 Å². The second-order valence-corrected chi connectivity index (χ2v) is 30.7. The zero-order valence-corrected chi connectivity index (χ0v) is 54.9. The van der Waals surface area contributed by atoms with Crippen LogP contribution in [0.15, 0.2) is 60.7 Å². The summed E-state index contributed by atoms with van der Waals surface area (Å²) in [5, 5.41) is 2.64. The summed E-state index contributed by atoms with van der Waals surface area (Å²) in [6.07, 6.45) is 28.8. The van der Waals surface area contributed by atoms with Gasteiger partial charge in [-0.05, 0) is 0 Å². The van der Waals surface area contributed by atoms with Crippen molar-refractivity contribution >= 4 is 100 Å². The van der Waals surface area contributed by atoms with E-state index < -0.39 is 35.5 Å². The van der Waals surface area contributed by atoms with Crippen molar-refractivity contribution in [3.63, 3.8) is 0 Å². The molecule has 0 radical (unpaired) electrons. The number of rotatable bonds is 25. The molecule has 7 heterocycles. The molecular weight excluding hydrogens is 1210 g/mol. The van der Waals surface area contributed by atoms with Crippen LogP contribution in [-0.4, -0.2) is 88.1 Å². The van der Waals surface area contributed by atoms with E-state index in [0.29, 0.717) is 36.0 Å². The Balaban J connectivity index is 1.13. The number of nitrogens with zero attached hydrogens (tertiary/aromatic N) is 2. The normalized spacial score (nSPS) is 15.7. The summed E-state index contributed by atoms with van der Waals surface area (Å²) in [5.74, 6) is -6.28. The Hall–Kier alpha value is -4.86. The molecule has 0 aliphatic carbocycles. The van der Waals surface area contributed by atoms with E-state index in [1.807, 2.05) is 54.4 Å². The van der Waals surface area contributed by atoms with Gasteiger partial charge in [0.25, 0.3) is 0 Å². The van der Waals surface area contributed by atoms with Crippen LogP contribution in [0.5, 0.6) is 0 Å². The molecule has 0 amide bonds. The monoisotopic (exact) mass is 1300 g/mol. The summed E-state index contributed by atoms with van der Waals surface area (Å²) in [7, 11) is 3.76. The van der Waals surface area contributed by atoms with Gasteiger partial charge in [-0.3, -0.25) is 0 Å². The number of esters is 4. The second kappa shape index (κ2) is 26.8. The Morgan fingerprint density at radius 1 is 0.432 bits per heavy atom. The van der Waals surface area contributed by atoms with Crippen molar-refractivity contribution in [2.75, 3.05) is 0 Å². The van der Waals surface area contributed by atoms with Crippen LogP contribution >= 0.6 is 0 Å². The number of aryl methyl sites for hydroxylation is 6. The van der Waals surface area contributed by atoms with Crippen LogP contribution in [0.25, 0.3) is 60.7 Å². The molecule has 13 heteroatoms. The number of ether oxygens (including phenoxy) is 4. The number of carbonyl (C=O) groups is 4. The summed E-state index contributed by atoms with van der Waals surface area (Å²) in [4.78, 5) is 56.8. The fraction of sp³-hybridized carbons (Fsp3) is 0.500. The van der Waals surface area contributed by atoms with Crippen molar-refractivity contribution in [3.8, 4) is 27.8 Å². The molecule has 0 saturated carbocycles. The van der Waals surface area contributed by atoms with E-state index in [9.17, 15) is 19.2 Å². The third-order valence-electron chi connectivity index (χ3n) is 16.2. The van der Waals surface area contributed by atoms with E-state index in [0.717, 1.165) is 35.0 Å². The Morgan fingerprint density at radius 2 is 0.852 bits per heavy atom. The summed E-state index contributed by atoms with van der Waals surface area (Å²) >= 11 is 0.600. The molecule has 0 spiro atoms. The molecule has 2 fully saturated rings. The molecule has 432 valence electrons. The first kappa shape index (κ1) is 60.7. The standard InChI is InChI=1S/C68H84N2O8Se3/c1-11-13-15-17-19-21-23-25-27-29-31-45-41-55(79-44(45)4)52-37-38-53(80-52)62-47(32-30-28-26-24-22-20-18-16-14-12-2)42-54(81-62)46-34-36-49-51(40-46)70(10)61(57(49)59-65(73)77-68(7,8)78-66(59)74)60-56(48-35-33-43(3)39-50(48)69(60)9)58-63(71)75-67(5,6)76-64(58)72/h33-42H,11-32H2,1-10H3/b61-60+. The maximum absolute atomic E-state index is 14.3. The average Bonchev–Trinajstić information content (AvgIpc) is 4.42. The molecule has 10 nitrogen and oxygen atoms in total. The van der Waals surface area contributed by atoms with E-state index in [1.165, 1.54) is 179 Å². The fourth-order valence-corrected chi connectivity index (χ4v) is 20.1. The van der Waals surface area contributed by atoms with Crippen molar-refractivity contribution < 1.29 is 38.1 Å². The molecule has 0 bridgehead atoms. The Labute approximate surface area is 497 Å². The van der Waals surface area contributed by atoms with Gasteiger partial charge in [-0.15, -0.1) is 0 Å². The topological polar surface area (TPSA) is 115 Å². The number of hydrogen-bond donors (Lipinski definition) is 0. The minimum atomic E-state index is -1.49. The quantitative estimate of drug-likeness (QED) is 0.0316. The minimum absolute atomic E-state index is 0.0174. The predicted octanol–water partition coefficient (Wildman–Crippen LogP) is 13.6. The van der Waals surface area contributed by atoms with Gasteiger partial charge in [0.2, 0.25) is 0 Å². The second-order valence-electron chi connectivity index (χ2n) is 23.6. The molecule has 2 aromatic carbocycles. The molecule has 2 aliphatic rings. The van der Waals surface area contributed by atoms with Crippen molar-refractivity contribution in [2.45, 2.75) is 208 Å². The number of carbonyl (C=O) groups excluding carboxylic acids is 4. The third-order valence-corrected chi connectivity index (χ3v) is 24.9. The third kappa shape index (κ3) is 13.9. The molecule has 2 aliphatic heterocycles. The zero-order valence-electron chi connectivity index (χ0n) is 49.7. The number of unbranched alkanes of at least 4 members (excludes halogenated alkanes) is 18. The van der Waals surface area contributed by atoms with E-state index in [-0.39, 0.29) is 50.6 Å². The fourth-order valence-electron chi connectivity index (χ4n) is 12.0. The van der Waals surface area contributed by atoms with Crippen molar-refractivity contribution in [3.05, 3.63) is 103 Å².